The largest absolute Gasteiger partial charge is 0.478 e. The third-order valence-electron chi connectivity index (χ3n) is 5.59. The number of anilines is 1. The lowest BCUT2D eigenvalue weighted by atomic mass is 9.84. The highest BCUT2D eigenvalue weighted by Crippen LogP contribution is 2.36. The fourth-order valence-electron chi connectivity index (χ4n) is 3.99. The van der Waals surface area contributed by atoms with E-state index in [2.05, 4.69) is 5.32 Å². The van der Waals surface area contributed by atoms with Crippen LogP contribution in [-0.2, 0) is 6.18 Å². The number of hydrogen-bond acceptors (Lipinski definition) is 4. The number of halogens is 3. The molecule has 2 aromatic carbocycles. The average Bonchev–Trinajstić information content (AvgIpc) is 2.73. The van der Waals surface area contributed by atoms with Gasteiger partial charge in [-0.15, -0.1) is 0 Å². The predicted molar refractivity (Wildman–Crippen MR) is 119 cm³/mol. The number of aliphatic hydroxyl groups is 1. The topological polar surface area (TPSA) is 99.1 Å². The van der Waals surface area contributed by atoms with E-state index in [1.807, 2.05) is 13.8 Å². The molecule has 184 valence electrons. The highest BCUT2D eigenvalue weighted by atomic mass is 19.4. The number of alkyl halides is 3. The number of carboxylic acid groups (broad SMARTS) is 1. The minimum Gasteiger partial charge on any atom is -0.478 e. The summed E-state index contributed by atoms with van der Waals surface area (Å²) in [5.74, 6) is -0.870. The van der Waals surface area contributed by atoms with Crippen LogP contribution >= 0.6 is 0 Å². The summed E-state index contributed by atoms with van der Waals surface area (Å²) in [4.78, 5) is 25.1. The van der Waals surface area contributed by atoms with Crippen LogP contribution < -0.4 is 10.1 Å². The molecular weight excluding hydrogens is 453 g/mol. The molecule has 0 spiro atoms. The summed E-state index contributed by atoms with van der Waals surface area (Å²) in [6.45, 7) is 4.58. The Morgan fingerprint density at radius 1 is 1.09 bits per heavy atom. The van der Waals surface area contributed by atoms with E-state index in [0.717, 1.165) is 12.1 Å². The summed E-state index contributed by atoms with van der Waals surface area (Å²) in [5.41, 5.74) is -1.95. The van der Waals surface area contributed by atoms with Gasteiger partial charge >= 0.3 is 18.2 Å². The molecule has 0 aliphatic carbocycles. The van der Waals surface area contributed by atoms with Crippen LogP contribution in [0, 0.1) is 5.92 Å². The lowest BCUT2D eigenvalue weighted by Gasteiger charge is -2.39. The summed E-state index contributed by atoms with van der Waals surface area (Å²) in [6, 6.07) is 7.50. The molecule has 0 radical (unpaired) electrons. The molecule has 0 saturated carbocycles. The second kappa shape index (κ2) is 9.92. The van der Waals surface area contributed by atoms with Gasteiger partial charge in [-0.2, -0.15) is 13.2 Å². The van der Waals surface area contributed by atoms with Crippen molar-refractivity contribution >= 4 is 17.7 Å². The number of piperidine rings is 1. The van der Waals surface area contributed by atoms with Gasteiger partial charge in [-0.25, -0.2) is 9.59 Å². The number of hydrogen-bond donors (Lipinski definition) is 3. The van der Waals surface area contributed by atoms with Crippen LogP contribution in [0.15, 0.2) is 42.5 Å². The third kappa shape index (κ3) is 6.63. The van der Waals surface area contributed by atoms with E-state index in [9.17, 15) is 27.9 Å². The number of benzene rings is 2. The minimum atomic E-state index is -4.68. The molecule has 2 aromatic rings. The highest BCUT2D eigenvalue weighted by Gasteiger charge is 2.35. The molecule has 1 fully saturated rings. The monoisotopic (exact) mass is 480 g/mol. The van der Waals surface area contributed by atoms with Crippen molar-refractivity contribution in [2.75, 3.05) is 18.4 Å². The normalized spacial score (nSPS) is 15.8. The molecule has 3 N–H and O–H groups in total. The third-order valence-corrected chi connectivity index (χ3v) is 5.59. The lowest BCUT2D eigenvalue weighted by molar-refractivity contribution is -0.137. The van der Waals surface area contributed by atoms with Gasteiger partial charge in [0.25, 0.3) is 0 Å². The van der Waals surface area contributed by atoms with Gasteiger partial charge in [0.05, 0.1) is 16.7 Å². The van der Waals surface area contributed by atoms with Gasteiger partial charge in [0.2, 0.25) is 0 Å². The van der Waals surface area contributed by atoms with Crippen LogP contribution in [0.4, 0.5) is 23.7 Å². The lowest BCUT2D eigenvalue weighted by Crippen LogP contribution is -2.48. The van der Waals surface area contributed by atoms with Gasteiger partial charge in [0.15, 0.2) is 0 Å². The Kier molecular flexibility index (Phi) is 7.40. The van der Waals surface area contributed by atoms with Gasteiger partial charge in [0.1, 0.15) is 11.5 Å². The number of likely N-dealkylation sites (tertiary alicyclic amines) is 1. The zero-order valence-electron chi connectivity index (χ0n) is 18.9. The van der Waals surface area contributed by atoms with Crippen molar-refractivity contribution in [2.24, 2.45) is 5.92 Å². The molecule has 1 aliphatic heterocycles. The van der Waals surface area contributed by atoms with Crippen molar-refractivity contribution in [3.8, 4) is 11.5 Å². The first kappa shape index (κ1) is 25.4. The summed E-state index contributed by atoms with van der Waals surface area (Å²) >= 11 is 0. The number of rotatable bonds is 6. The Morgan fingerprint density at radius 3 is 2.24 bits per heavy atom. The molecular formula is C24H27F3N2O5. The van der Waals surface area contributed by atoms with Gasteiger partial charge in [-0.1, -0.05) is 13.8 Å². The molecule has 0 aromatic heterocycles. The van der Waals surface area contributed by atoms with E-state index in [-0.39, 0.29) is 35.8 Å². The number of nitrogens with zero attached hydrogens (tertiary/aromatic N) is 1. The maximum atomic E-state index is 13.4. The SMILES string of the molecule is CC(C)CC1(O)CCN(C(=O)Nc2cc(Oc3ccc(C(=O)O)cc3)cc(C(F)(F)F)c2)CC1. The number of carboxylic acids is 1. The van der Waals surface area contributed by atoms with Crippen LogP contribution in [0.25, 0.3) is 0 Å². The number of amides is 2. The van der Waals surface area contributed by atoms with Crippen molar-refractivity contribution in [1.82, 2.24) is 4.90 Å². The maximum Gasteiger partial charge on any atom is 0.416 e. The maximum absolute atomic E-state index is 13.4. The van der Waals surface area contributed by atoms with Crippen LogP contribution in [0.3, 0.4) is 0 Å². The standard InChI is InChI=1S/C24H27F3N2O5/c1-15(2)14-23(33)7-9-29(10-8-23)22(32)28-18-11-17(24(25,26)27)12-20(13-18)34-19-5-3-16(4-6-19)21(30)31/h3-6,11-13,15,33H,7-10,14H2,1-2H3,(H,28,32)(H,30,31). The van der Waals surface area contributed by atoms with Gasteiger partial charge < -0.3 is 25.2 Å². The highest BCUT2D eigenvalue weighted by molar-refractivity contribution is 5.90. The molecule has 7 nitrogen and oxygen atoms in total. The van der Waals surface area contributed by atoms with E-state index in [4.69, 9.17) is 9.84 Å². The first-order valence-electron chi connectivity index (χ1n) is 10.9. The second-order valence-corrected chi connectivity index (χ2v) is 8.91. The molecule has 1 aliphatic rings. The van der Waals surface area contributed by atoms with E-state index in [0.29, 0.717) is 25.2 Å². The summed E-state index contributed by atoms with van der Waals surface area (Å²) < 4.78 is 45.8. The van der Waals surface area contributed by atoms with Crippen LogP contribution in [0.5, 0.6) is 11.5 Å². The van der Waals surface area contributed by atoms with Crippen molar-refractivity contribution in [3.05, 3.63) is 53.6 Å². The summed E-state index contributed by atoms with van der Waals surface area (Å²) in [5, 5.41) is 22.1. The Balaban J connectivity index is 1.74. The van der Waals surface area contributed by atoms with Gasteiger partial charge in [0, 0.05) is 24.8 Å². The molecule has 10 heteroatoms. The van der Waals surface area contributed by atoms with Crippen LogP contribution in [-0.4, -0.2) is 45.8 Å². The molecule has 3 rings (SSSR count). The Bertz CT molecular complexity index is 1030. The Labute approximate surface area is 195 Å². The molecule has 0 bridgehead atoms. The number of urea groups is 1. The predicted octanol–water partition coefficient (Wildman–Crippen LogP) is 5.60. The van der Waals surface area contributed by atoms with E-state index < -0.39 is 29.3 Å². The van der Waals surface area contributed by atoms with Crippen LogP contribution in [0.2, 0.25) is 0 Å². The van der Waals surface area contributed by atoms with Crippen molar-refractivity contribution < 1.29 is 37.7 Å². The van der Waals surface area contributed by atoms with Crippen molar-refractivity contribution in [2.45, 2.75) is 44.9 Å². The van der Waals surface area contributed by atoms with E-state index >= 15 is 0 Å². The number of aromatic carboxylic acids is 1. The first-order chi connectivity index (χ1) is 15.8. The zero-order valence-corrected chi connectivity index (χ0v) is 18.9. The second-order valence-electron chi connectivity index (χ2n) is 8.91. The van der Waals surface area contributed by atoms with Gasteiger partial charge in [-0.3, -0.25) is 0 Å². The molecule has 0 unspecified atom stereocenters. The molecule has 1 heterocycles. The molecule has 34 heavy (non-hydrogen) atoms. The Hall–Kier alpha value is -3.27. The van der Waals surface area contributed by atoms with Crippen molar-refractivity contribution in [1.29, 1.82) is 0 Å². The number of carbonyl (C=O) groups excluding carboxylic acids is 1. The molecule has 1 saturated heterocycles. The number of ether oxygens (including phenoxy) is 1. The van der Waals surface area contributed by atoms with Gasteiger partial charge in [-0.05, 0) is 61.6 Å². The fourth-order valence-corrected chi connectivity index (χ4v) is 3.99. The number of carbonyl (C=O) groups is 2. The van der Waals surface area contributed by atoms with Crippen molar-refractivity contribution in [3.63, 3.8) is 0 Å². The quantitative estimate of drug-likeness (QED) is 0.500. The summed E-state index contributed by atoms with van der Waals surface area (Å²) in [6.07, 6.45) is -3.28. The molecule has 0 atom stereocenters. The minimum absolute atomic E-state index is 0.00571. The average molecular weight is 480 g/mol. The fraction of sp³-hybridized carbons (Fsp3) is 0.417. The zero-order chi connectivity index (χ0) is 25.1. The van der Waals surface area contributed by atoms with Crippen LogP contribution in [0.1, 0.15) is 49.0 Å². The molecule has 2 amide bonds. The number of nitrogens with one attached hydrogen (secondary N) is 1. The first-order valence-corrected chi connectivity index (χ1v) is 10.9. The summed E-state index contributed by atoms with van der Waals surface area (Å²) in [7, 11) is 0. The Morgan fingerprint density at radius 2 is 1.71 bits per heavy atom. The van der Waals surface area contributed by atoms with E-state index in [1.165, 1.54) is 35.2 Å². The smallest absolute Gasteiger partial charge is 0.416 e. The van der Waals surface area contributed by atoms with E-state index in [1.54, 1.807) is 0 Å².